The van der Waals surface area contributed by atoms with Crippen molar-refractivity contribution in [1.82, 2.24) is 10.9 Å². The Labute approximate surface area is 85.8 Å². The fraction of sp³-hybridized carbons (Fsp3) is 1.00. The van der Waals surface area contributed by atoms with Crippen LogP contribution in [0.2, 0.25) is 0 Å². The first-order valence-electron chi connectivity index (χ1n) is 6.34. The second-order valence-corrected chi connectivity index (χ2v) is 6.27. The van der Waals surface area contributed by atoms with Gasteiger partial charge in [-0.1, -0.05) is 0 Å². The van der Waals surface area contributed by atoms with Crippen molar-refractivity contribution in [2.45, 2.75) is 44.6 Å². The highest BCUT2D eigenvalue weighted by Gasteiger charge is 2.57. The molecule has 4 bridgehead atoms. The summed E-state index contributed by atoms with van der Waals surface area (Å²) in [5.74, 6) is 3.21. The summed E-state index contributed by atoms with van der Waals surface area (Å²) in [6, 6.07) is 0.823. The molecule has 3 unspecified atom stereocenters. The molecule has 0 radical (unpaired) electrons. The molecular formula is C12H20N2. The Hall–Kier alpha value is -0.0800. The third kappa shape index (κ3) is 0.892. The second kappa shape index (κ2) is 2.53. The zero-order valence-electron chi connectivity index (χ0n) is 8.76. The fourth-order valence-electron chi connectivity index (χ4n) is 5.33. The van der Waals surface area contributed by atoms with Crippen LogP contribution in [0.4, 0.5) is 0 Å². The first kappa shape index (κ1) is 8.12. The lowest BCUT2D eigenvalue weighted by atomic mass is 9.46. The summed E-state index contributed by atoms with van der Waals surface area (Å²) < 4.78 is 0. The van der Waals surface area contributed by atoms with Crippen LogP contribution in [-0.4, -0.2) is 12.6 Å². The van der Waals surface area contributed by atoms with Gasteiger partial charge in [0.2, 0.25) is 0 Å². The van der Waals surface area contributed by atoms with Gasteiger partial charge in [0.05, 0.1) is 0 Å². The lowest BCUT2D eigenvalue weighted by Crippen LogP contribution is -2.67. The largest absolute Gasteiger partial charge is 0.258 e. The predicted molar refractivity (Wildman–Crippen MR) is 55.5 cm³/mol. The van der Waals surface area contributed by atoms with Crippen molar-refractivity contribution in [1.29, 1.82) is 0 Å². The Morgan fingerprint density at radius 3 is 2.57 bits per heavy atom. The molecule has 2 heteroatoms. The normalized spacial score (nSPS) is 60.0. The summed E-state index contributed by atoms with van der Waals surface area (Å²) in [7, 11) is 0. The van der Waals surface area contributed by atoms with E-state index in [0.717, 1.165) is 29.2 Å². The number of nitrogens with one attached hydrogen (secondary N) is 2. The highest BCUT2D eigenvalue weighted by molar-refractivity contribution is 5.10. The van der Waals surface area contributed by atoms with E-state index in [-0.39, 0.29) is 0 Å². The van der Waals surface area contributed by atoms with E-state index in [1.807, 2.05) is 0 Å². The van der Waals surface area contributed by atoms with Gasteiger partial charge in [0, 0.05) is 12.6 Å². The Morgan fingerprint density at radius 2 is 1.79 bits per heavy atom. The molecule has 1 saturated heterocycles. The molecule has 14 heavy (non-hydrogen) atoms. The van der Waals surface area contributed by atoms with Gasteiger partial charge in [-0.2, -0.15) is 0 Å². The van der Waals surface area contributed by atoms with E-state index in [4.69, 9.17) is 0 Å². The second-order valence-electron chi connectivity index (χ2n) is 6.27. The smallest absolute Gasteiger partial charge is 0.0298 e. The SMILES string of the molecule is C1CC23CC4CC(CC(C4)C2NN1)C3. The first-order valence-corrected chi connectivity index (χ1v) is 6.34. The number of hydrazine groups is 1. The molecule has 4 saturated carbocycles. The summed E-state index contributed by atoms with van der Waals surface area (Å²) in [5, 5.41) is 0. The van der Waals surface area contributed by atoms with Crippen molar-refractivity contribution in [3.63, 3.8) is 0 Å². The van der Waals surface area contributed by atoms with Crippen LogP contribution in [0.5, 0.6) is 0 Å². The Morgan fingerprint density at radius 1 is 1.00 bits per heavy atom. The summed E-state index contributed by atoms with van der Waals surface area (Å²) in [4.78, 5) is 0. The van der Waals surface area contributed by atoms with E-state index in [9.17, 15) is 0 Å². The topological polar surface area (TPSA) is 24.1 Å². The van der Waals surface area contributed by atoms with E-state index >= 15 is 0 Å². The standard InChI is InChI=1S/C12H20N2/c1-2-13-14-11-10-4-8-3-9(5-10)7-12(1,11)6-8/h8-11,13-14H,1-7H2. The highest BCUT2D eigenvalue weighted by atomic mass is 15.4. The van der Waals surface area contributed by atoms with Crippen LogP contribution >= 0.6 is 0 Å². The van der Waals surface area contributed by atoms with E-state index in [1.165, 1.54) is 25.8 Å². The predicted octanol–water partition coefficient (Wildman–Crippen LogP) is 1.68. The van der Waals surface area contributed by atoms with Gasteiger partial charge < -0.3 is 0 Å². The van der Waals surface area contributed by atoms with Crippen molar-refractivity contribution in [3.05, 3.63) is 0 Å². The molecule has 0 aromatic rings. The minimum atomic E-state index is 0.722. The van der Waals surface area contributed by atoms with Gasteiger partial charge in [0.15, 0.2) is 0 Å². The molecule has 5 aliphatic rings. The molecule has 0 amide bonds. The average Bonchev–Trinajstić information content (AvgIpc) is 2.15. The molecule has 5 rings (SSSR count). The Bertz CT molecular complexity index is 249. The molecule has 1 aliphatic heterocycles. The van der Waals surface area contributed by atoms with Crippen LogP contribution in [0.1, 0.15) is 38.5 Å². The number of rotatable bonds is 0. The highest BCUT2D eigenvalue weighted by Crippen LogP contribution is 2.61. The van der Waals surface area contributed by atoms with Gasteiger partial charge in [0.25, 0.3) is 0 Å². The maximum Gasteiger partial charge on any atom is 0.0298 e. The zero-order valence-corrected chi connectivity index (χ0v) is 8.76. The molecule has 78 valence electrons. The molecule has 3 atom stereocenters. The quantitative estimate of drug-likeness (QED) is 0.610. The molecule has 4 aliphatic carbocycles. The van der Waals surface area contributed by atoms with Crippen molar-refractivity contribution in [3.8, 4) is 0 Å². The van der Waals surface area contributed by atoms with Crippen molar-refractivity contribution >= 4 is 0 Å². The summed E-state index contributed by atoms with van der Waals surface area (Å²) in [6.07, 6.45) is 9.14. The lowest BCUT2D eigenvalue weighted by Gasteiger charge is -2.63. The van der Waals surface area contributed by atoms with Crippen molar-refractivity contribution in [2.75, 3.05) is 6.54 Å². The molecule has 1 spiro atoms. The summed E-state index contributed by atoms with van der Waals surface area (Å²) in [6.45, 7) is 1.20. The van der Waals surface area contributed by atoms with E-state index in [1.54, 1.807) is 19.3 Å². The zero-order chi connectivity index (χ0) is 9.17. The van der Waals surface area contributed by atoms with Gasteiger partial charge in [-0.3, -0.25) is 10.9 Å². The monoisotopic (exact) mass is 192 g/mol. The van der Waals surface area contributed by atoms with Crippen LogP contribution in [0.15, 0.2) is 0 Å². The van der Waals surface area contributed by atoms with Crippen molar-refractivity contribution in [2.24, 2.45) is 23.2 Å². The van der Waals surface area contributed by atoms with Crippen LogP contribution in [0, 0.1) is 23.2 Å². The number of hydrogen-bond acceptors (Lipinski definition) is 2. The number of hydrogen-bond donors (Lipinski definition) is 2. The average molecular weight is 192 g/mol. The van der Waals surface area contributed by atoms with Crippen LogP contribution in [-0.2, 0) is 0 Å². The Kier molecular flexibility index (Phi) is 1.47. The van der Waals surface area contributed by atoms with E-state index in [2.05, 4.69) is 10.9 Å². The van der Waals surface area contributed by atoms with Crippen LogP contribution < -0.4 is 10.9 Å². The maximum atomic E-state index is 3.60. The Balaban J connectivity index is 1.75. The lowest BCUT2D eigenvalue weighted by molar-refractivity contribution is -0.107. The van der Waals surface area contributed by atoms with Crippen LogP contribution in [0.3, 0.4) is 0 Å². The minimum Gasteiger partial charge on any atom is -0.258 e. The molecular weight excluding hydrogens is 172 g/mol. The van der Waals surface area contributed by atoms with Gasteiger partial charge >= 0.3 is 0 Å². The summed E-state index contributed by atoms with van der Waals surface area (Å²) >= 11 is 0. The fourth-order valence-corrected chi connectivity index (χ4v) is 5.33. The molecule has 0 aromatic heterocycles. The van der Waals surface area contributed by atoms with E-state index in [0.29, 0.717) is 0 Å². The maximum absolute atomic E-state index is 3.60. The minimum absolute atomic E-state index is 0.722. The summed E-state index contributed by atoms with van der Waals surface area (Å²) in [5.41, 5.74) is 7.71. The van der Waals surface area contributed by atoms with Gasteiger partial charge in [0.1, 0.15) is 0 Å². The molecule has 2 N–H and O–H groups in total. The molecule has 2 nitrogen and oxygen atoms in total. The van der Waals surface area contributed by atoms with Gasteiger partial charge in [-0.15, -0.1) is 0 Å². The third-order valence-corrected chi connectivity index (χ3v) is 5.47. The first-order chi connectivity index (χ1) is 6.86. The molecule has 1 heterocycles. The molecule has 5 fully saturated rings. The molecule has 0 aromatic carbocycles. The van der Waals surface area contributed by atoms with E-state index < -0.39 is 0 Å². The van der Waals surface area contributed by atoms with Crippen molar-refractivity contribution < 1.29 is 0 Å². The van der Waals surface area contributed by atoms with Gasteiger partial charge in [-0.05, 0) is 61.7 Å². The van der Waals surface area contributed by atoms with Crippen LogP contribution in [0.25, 0.3) is 0 Å². The third-order valence-electron chi connectivity index (χ3n) is 5.47. The van der Waals surface area contributed by atoms with Gasteiger partial charge in [-0.25, -0.2) is 0 Å².